The van der Waals surface area contributed by atoms with Crippen LogP contribution in [-0.2, 0) is 0 Å². The fraction of sp³-hybridized carbons (Fsp3) is 0.375. The number of nitrogens with one attached hydrogen (secondary N) is 1. The summed E-state index contributed by atoms with van der Waals surface area (Å²) in [6.07, 6.45) is 0.996. The van der Waals surface area contributed by atoms with E-state index in [0.29, 0.717) is 5.69 Å². The van der Waals surface area contributed by atoms with Gasteiger partial charge in [-0.3, -0.25) is 0 Å². The van der Waals surface area contributed by atoms with Gasteiger partial charge in [-0.1, -0.05) is 6.92 Å². The predicted octanol–water partition coefficient (Wildman–Crippen LogP) is 4.03. The molecule has 2 rings (SSSR count). The van der Waals surface area contributed by atoms with E-state index in [1.165, 1.54) is 12.1 Å². The molecule has 1 heterocycles. The van der Waals surface area contributed by atoms with Crippen LogP contribution >= 0.6 is 0 Å². The summed E-state index contributed by atoms with van der Waals surface area (Å²) in [7, 11) is 0. The number of aromatic nitrogens is 2. The number of hydrogen-bond acceptors (Lipinski definition) is 3. The van der Waals surface area contributed by atoms with Crippen LogP contribution in [0, 0.1) is 26.6 Å². The molecule has 0 aliphatic carbocycles. The van der Waals surface area contributed by atoms with Crippen LogP contribution in [0.3, 0.4) is 0 Å². The van der Waals surface area contributed by atoms with E-state index < -0.39 is 0 Å². The number of nitrogens with zero attached hydrogens (tertiary/aromatic N) is 2. The molecule has 0 radical (unpaired) electrons. The van der Waals surface area contributed by atoms with Crippen molar-refractivity contribution >= 4 is 5.82 Å². The summed E-state index contributed by atoms with van der Waals surface area (Å²) < 4.78 is 13.6. The normalized spacial score (nSPS) is 10.7. The average molecular weight is 273 g/mol. The van der Waals surface area contributed by atoms with Crippen molar-refractivity contribution in [2.24, 2.45) is 0 Å². The maximum absolute atomic E-state index is 13.6. The average Bonchev–Trinajstić information content (AvgIpc) is 2.38. The molecule has 1 N–H and O–H groups in total. The van der Waals surface area contributed by atoms with Crippen molar-refractivity contribution in [3.05, 3.63) is 41.0 Å². The highest BCUT2D eigenvalue weighted by Gasteiger charge is 2.12. The van der Waals surface area contributed by atoms with Crippen LogP contribution < -0.4 is 5.32 Å². The third kappa shape index (κ3) is 3.13. The van der Waals surface area contributed by atoms with Crippen molar-refractivity contribution < 1.29 is 4.39 Å². The van der Waals surface area contributed by atoms with Gasteiger partial charge in [0.05, 0.1) is 11.4 Å². The summed E-state index contributed by atoms with van der Waals surface area (Å²) in [6, 6.07) is 4.94. The van der Waals surface area contributed by atoms with E-state index in [1.54, 1.807) is 0 Å². The minimum Gasteiger partial charge on any atom is -0.368 e. The second kappa shape index (κ2) is 5.99. The van der Waals surface area contributed by atoms with Crippen molar-refractivity contribution in [2.45, 2.75) is 34.1 Å². The summed E-state index contributed by atoms with van der Waals surface area (Å²) in [4.78, 5) is 9.14. The fourth-order valence-corrected chi connectivity index (χ4v) is 2.04. The molecule has 3 nitrogen and oxygen atoms in total. The molecule has 20 heavy (non-hydrogen) atoms. The van der Waals surface area contributed by atoms with Crippen molar-refractivity contribution in [1.82, 2.24) is 9.97 Å². The van der Waals surface area contributed by atoms with E-state index in [-0.39, 0.29) is 5.82 Å². The third-order valence-corrected chi connectivity index (χ3v) is 3.16. The Morgan fingerprint density at radius 1 is 1.05 bits per heavy atom. The first kappa shape index (κ1) is 14.4. The summed E-state index contributed by atoms with van der Waals surface area (Å²) in [5, 5.41) is 3.27. The largest absolute Gasteiger partial charge is 0.368 e. The third-order valence-electron chi connectivity index (χ3n) is 3.16. The van der Waals surface area contributed by atoms with Gasteiger partial charge in [0, 0.05) is 12.1 Å². The van der Waals surface area contributed by atoms with Crippen LogP contribution in [0.25, 0.3) is 11.3 Å². The molecule has 0 bridgehead atoms. The second-order valence-electron chi connectivity index (χ2n) is 5.04. The first-order chi connectivity index (χ1) is 9.51. The Kier molecular flexibility index (Phi) is 4.32. The van der Waals surface area contributed by atoms with Gasteiger partial charge >= 0.3 is 0 Å². The number of rotatable bonds is 4. The Bertz CT molecular complexity index is 603. The topological polar surface area (TPSA) is 37.8 Å². The quantitative estimate of drug-likeness (QED) is 0.914. The molecule has 0 spiro atoms. The molecule has 1 aromatic carbocycles. The lowest BCUT2D eigenvalue weighted by Crippen LogP contribution is -2.07. The number of benzene rings is 1. The molecule has 0 amide bonds. The minimum absolute atomic E-state index is 0.249. The molecule has 0 fully saturated rings. The molecule has 0 unspecified atom stereocenters. The summed E-state index contributed by atoms with van der Waals surface area (Å²) in [5.41, 5.74) is 4.10. The van der Waals surface area contributed by atoms with Gasteiger partial charge in [-0.15, -0.1) is 0 Å². The Morgan fingerprint density at radius 3 is 2.40 bits per heavy atom. The van der Waals surface area contributed by atoms with Gasteiger partial charge < -0.3 is 5.32 Å². The van der Waals surface area contributed by atoms with E-state index in [0.717, 1.165) is 41.3 Å². The van der Waals surface area contributed by atoms with Gasteiger partial charge in [0.15, 0.2) is 5.82 Å². The lowest BCUT2D eigenvalue weighted by atomic mass is 10.1. The maximum atomic E-state index is 13.6. The summed E-state index contributed by atoms with van der Waals surface area (Å²) >= 11 is 0. The van der Waals surface area contributed by atoms with Crippen molar-refractivity contribution in [2.75, 3.05) is 11.9 Å². The zero-order valence-electron chi connectivity index (χ0n) is 12.4. The van der Waals surface area contributed by atoms with Gasteiger partial charge in [0.2, 0.25) is 0 Å². The molecule has 106 valence electrons. The molecule has 0 aliphatic heterocycles. The molecule has 0 aliphatic rings. The Morgan fingerprint density at radius 2 is 1.75 bits per heavy atom. The molecular weight excluding hydrogens is 253 g/mol. The van der Waals surface area contributed by atoms with Crippen LogP contribution in [-0.4, -0.2) is 16.5 Å². The standard InChI is InChI=1S/C16H20FN3/c1-5-6-18-16-15(19-11(3)12(4)20-16)13-7-10(2)8-14(17)9-13/h7-9H,5-6H2,1-4H3,(H,18,20). The van der Waals surface area contributed by atoms with E-state index in [1.807, 2.05) is 26.8 Å². The number of aryl methyl sites for hydroxylation is 3. The van der Waals surface area contributed by atoms with Gasteiger partial charge in [-0.2, -0.15) is 0 Å². The van der Waals surface area contributed by atoms with Gasteiger partial charge in [-0.05, 0) is 51.0 Å². The van der Waals surface area contributed by atoms with Crippen molar-refractivity contribution in [3.8, 4) is 11.3 Å². The molecule has 0 saturated heterocycles. The van der Waals surface area contributed by atoms with Crippen molar-refractivity contribution in [1.29, 1.82) is 0 Å². The van der Waals surface area contributed by atoms with E-state index >= 15 is 0 Å². The van der Waals surface area contributed by atoms with E-state index in [9.17, 15) is 4.39 Å². The second-order valence-corrected chi connectivity index (χ2v) is 5.04. The Labute approximate surface area is 119 Å². The van der Waals surface area contributed by atoms with Crippen LogP contribution in [0.5, 0.6) is 0 Å². The van der Waals surface area contributed by atoms with Crippen molar-refractivity contribution in [3.63, 3.8) is 0 Å². The molecule has 2 aromatic rings. The monoisotopic (exact) mass is 273 g/mol. The first-order valence-electron chi connectivity index (χ1n) is 6.88. The molecule has 4 heteroatoms. The predicted molar refractivity (Wildman–Crippen MR) is 80.4 cm³/mol. The van der Waals surface area contributed by atoms with Gasteiger partial charge in [0.1, 0.15) is 11.5 Å². The summed E-state index contributed by atoms with van der Waals surface area (Å²) in [5.74, 6) is 0.474. The number of anilines is 1. The highest BCUT2D eigenvalue weighted by Crippen LogP contribution is 2.27. The smallest absolute Gasteiger partial charge is 0.152 e. The highest BCUT2D eigenvalue weighted by atomic mass is 19.1. The van der Waals surface area contributed by atoms with E-state index in [2.05, 4.69) is 22.2 Å². The SMILES string of the molecule is CCCNc1nc(C)c(C)nc1-c1cc(C)cc(F)c1. The first-order valence-corrected chi connectivity index (χ1v) is 6.88. The minimum atomic E-state index is -0.249. The van der Waals surface area contributed by atoms with Gasteiger partial charge in [-0.25, -0.2) is 14.4 Å². The number of halogens is 1. The molecular formula is C16H20FN3. The maximum Gasteiger partial charge on any atom is 0.152 e. The lowest BCUT2D eigenvalue weighted by molar-refractivity contribution is 0.627. The fourth-order valence-electron chi connectivity index (χ4n) is 2.04. The molecule has 0 saturated carbocycles. The zero-order chi connectivity index (χ0) is 14.7. The molecule has 0 atom stereocenters. The lowest BCUT2D eigenvalue weighted by Gasteiger charge is -2.13. The van der Waals surface area contributed by atoms with E-state index in [4.69, 9.17) is 0 Å². The Balaban J connectivity index is 2.55. The van der Waals surface area contributed by atoms with Gasteiger partial charge in [0.25, 0.3) is 0 Å². The number of hydrogen-bond donors (Lipinski definition) is 1. The van der Waals surface area contributed by atoms with Crippen LogP contribution in [0.2, 0.25) is 0 Å². The van der Waals surface area contributed by atoms with Crippen LogP contribution in [0.15, 0.2) is 18.2 Å². The highest BCUT2D eigenvalue weighted by molar-refractivity contribution is 5.72. The molecule has 1 aromatic heterocycles. The summed E-state index contributed by atoms with van der Waals surface area (Å²) in [6.45, 7) is 8.63. The Hall–Kier alpha value is -1.97. The zero-order valence-corrected chi connectivity index (χ0v) is 12.4. The van der Waals surface area contributed by atoms with Crippen LogP contribution in [0.4, 0.5) is 10.2 Å². The van der Waals surface area contributed by atoms with Crippen LogP contribution in [0.1, 0.15) is 30.3 Å².